The molecular formula is C128H182N10O12. The maximum atomic E-state index is 14.0. The van der Waals surface area contributed by atoms with Gasteiger partial charge in [0.25, 0.3) is 29.5 Å². The van der Waals surface area contributed by atoms with Crippen molar-refractivity contribution in [3.05, 3.63) is 196 Å². The summed E-state index contributed by atoms with van der Waals surface area (Å²) in [5, 5.41) is 16.0. The van der Waals surface area contributed by atoms with Gasteiger partial charge in [-0.1, -0.05) is 322 Å². The van der Waals surface area contributed by atoms with Crippen molar-refractivity contribution >= 4 is 64.8 Å². The van der Waals surface area contributed by atoms with Crippen LogP contribution >= 0.6 is 0 Å². The minimum absolute atomic E-state index is 0.0130. The van der Waals surface area contributed by atoms with Crippen molar-refractivity contribution in [1.82, 2.24) is 46.2 Å². The summed E-state index contributed by atoms with van der Waals surface area (Å²) in [7, 11) is 3.15. The first-order valence-electron chi connectivity index (χ1n) is 58.6. The van der Waals surface area contributed by atoms with Gasteiger partial charge in [-0.25, -0.2) is 0 Å². The van der Waals surface area contributed by atoms with E-state index in [0.717, 1.165) is 285 Å². The molecule has 5 unspecified atom stereocenters. The van der Waals surface area contributed by atoms with Crippen molar-refractivity contribution < 1.29 is 57.4 Å². The molecule has 15 rings (SSSR count). The van der Waals surface area contributed by atoms with Crippen LogP contribution in [0.1, 0.15) is 417 Å². The average molecular weight is 2050 g/mol. The summed E-state index contributed by atoms with van der Waals surface area (Å²) < 4.78 is 10.9. The van der Waals surface area contributed by atoms with E-state index in [4.69, 9.17) is 22.3 Å². The molecule has 22 nitrogen and oxygen atoms in total. The largest absolute Gasteiger partial charge is 0.496 e. The average Bonchev–Trinajstić information content (AvgIpc) is 0.791. The highest BCUT2D eigenvalue weighted by atomic mass is 16.5. The highest BCUT2D eigenvalue weighted by Gasteiger charge is 2.47. The Balaban J connectivity index is 0.000000178. The fraction of sp³-hybridized carbons (Fsp3) is 0.609. The van der Waals surface area contributed by atoms with Gasteiger partial charge in [-0.15, -0.1) is 12.8 Å². The predicted octanol–water partition coefficient (Wildman–Crippen LogP) is 25.1. The summed E-state index contributed by atoms with van der Waals surface area (Å²) in [6, 6.07) is 45.8. The van der Waals surface area contributed by atoms with Crippen molar-refractivity contribution in [1.29, 1.82) is 0 Å². The minimum Gasteiger partial charge on any atom is -0.496 e. The van der Waals surface area contributed by atoms with E-state index in [0.29, 0.717) is 53.4 Å². The number of ether oxygens (including phenoxy) is 2. The van der Waals surface area contributed by atoms with Gasteiger partial charge < -0.3 is 55.7 Å². The molecule has 0 saturated heterocycles. The summed E-state index contributed by atoms with van der Waals surface area (Å²) in [4.78, 5) is 145. The van der Waals surface area contributed by atoms with Crippen molar-refractivity contribution in [2.45, 2.75) is 423 Å². The molecule has 9 fully saturated rings. The van der Waals surface area contributed by atoms with E-state index in [1.807, 2.05) is 170 Å². The van der Waals surface area contributed by atoms with E-state index in [-0.39, 0.29) is 132 Å². The molecule has 0 heterocycles. The molecule has 9 aliphatic carbocycles. The lowest BCUT2D eigenvalue weighted by Gasteiger charge is -2.43. The Hall–Kier alpha value is -11.3. The van der Waals surface area contributed by atoms with Crippen molar-refractivity contribution in [3.8, 4) is 36.2 Å². The number of para-hydroxylation sites is 3. The molecule has 0 aromatic heterocycles. The van der Waals surface area contributed by atoms with Crippen molar-refractivity contribution in [2.75, 3.05) is 51.8 Å². The lowest BCUT2D eigenvalue weighted by Crippen LogP contribution is -2.58. The van der Waals surface area contributed by atoms with Crippen LogP contribution in [0.4, 0.5) is 5.69 Å². The molecule has 0 aliphatic heterocycles. The zero-order valence-corrected chi connectivity index (χ0v) is 92.4. The van der Waals surface area contributed by atoms with Gasteiger partial charge in [0.15, 0.2) is 0 Å². The molecule has 0 radical (unpaired) electrons. The Kier molecular flexibility index (Phi) is 51.7. The van der Waals surface area contributed by atoms with Gasteiger partial charge in [0, 0.05) is 66.2 Å². The van der Waals surface area contributed by atoms with Gasteiger partial charge >= 0.3 is 0 Å². The number of amides is 10. The number of hydrogen-bond donors (Lipinski definition) is 5. The van der Waals surface area contributed by atoms with Gasteiger partial charge in [-0.2, -0.15) is 0 Å². The fourth-order valence-corrected chi connectivity index (χ4v) is 25.0. The molecule has 5 atom stereocenters. The third-order valence-corrected chi connectivity index (χ3v) is 33.3. The van der Waals surface area contributed by atoms with Crippen LogP contribution in [0, 0.1) is 75.0 Å². The minimum atomic E-state index is -0.541. The molecule has 6 aromatic carbocycles. The van der Waals surface area contributed by atoms with E-state index < -0.39 is 24.2 Å². The van der Waals surface area contributed by atoms with Crippen LogP contribution in [-0.4, -0.2) is 180 Å². The monoisotopic (exact) mass is 2050 g/mol. The van der Waals surface area contributed by atoms with Crippen molar-refractivity contribution in [2.24, 2.45) is 29.6 Å². The number of terminal acetylenes is 2. The summed E-state index contributed by atoms with van der Waals surface area (Å²) in [6.07, 6.45) is 66.8. The number of unbranched alkanes of at least 4 members (excludes halogenated alkanes) is 3. The van der Waals surface area contributed by atoms with E-state index in [9.17, 15) is 47.9 Å². The maximum absolute atomic E-state index is 14.0. The van der Waals surface area contributed by atoms with Crippen LogP contribution in [-0.2, 0) is 24.0 Å². The number of hydrogen-bond acceptors (Lipinski definition) is 12. The molecule has 9 saturated carbocycles. The number of benzene rings is 6. The van der Waals surface area contributed by atoms with Crippen LogP contribution in [0.5, 0.6) is 11.5 Å². The molecular weight excluding hydrogens is 1870 g/mol. The Labute approximate surface area is 900 Å². The molecule has 5 N–H and O–H groups in total. The topological polar surface area (TPSA) is 266 Å². The SMILES string of the molecule is C#CCN(C(=O)c1ccccc1C)C(C(=O)NC1CCCCC1)C1CCCCC1.C#CCN(C(=O)c1ccccc1OC)C(C(=O)NC1CCCCC1)C1CCCCC1.CCCCNC(=O)C(C1CCCCC1)N(C(=O)c1ccccc1C)C1CCCCC1.CCCCNC(=O)C(C1CCCCC1)N(C(=O)c1ccccc1C)c1ccccc1.CCCCNC(=O)C(C1CCCCC1)N(C(=O)c1ccccc1OC)C1CCCCC1. The van der Waals surface area contributed by atoms with Gasteiger partial charge in [0.2, 0.25) is 29.5 Å². The fourth-order valence-electron chi connectivity index (χ4n) is 25.0. The number of rotatable bonds is 38. The van der Waals surface area contributed by atoms with E-state index in [1.165, 1.54) is 70.6 Å². The second kappa shape index (κ2) is 65.2. The predicted molar refractivity (Wildman–Crippen MR) is 604 cm³/mol. The number of methoxy groups -OCH3 is 2. The lowest BCUT2D eigenvalue weighted by atomic mass is 9.80. The number of aryl methyl sites for hydroxylation is 3. The Bertz CT molecular complexity index is 5210. The molecule has 150 heavy (non-hydrogen) atoms. The second-order valence-electron chi connectivity index (χ2n) is 44.0. The molecule has 10 amide bonds. The molecule has 9 aliphatic rings. The van der Waals surface area contributed by atoms with E-state index in [1.54, 1.807) is 41.1 Å². The van der Waals surface area contributed by atoms with Crippen LogP contribution in [0.2, 0.25) is 0 Å². The highest BCUT2D eigenvalue weighted by molar-refractivity contribution is 6.11. The van der Waals surface area contributed by atoms with Gasteiger partial charge in [0.1, 0.15) is 41.7 Å². The van der Waals surface area contributed by atoms with Gasteiger partial charge in [-0.05, 0) is 256 Å². The Morgan fingerprint density at radius 3 is 0.867 bits per heavy atom. The molecule has 0 bridgehead atoms. The number of carbonyl (C=O) groups is 10. The molecule has 22 heteroatoms. The zero-order valence-electron chi connectivity index (χ0n) is 92.4. The quantitative estimate of drug-likeness (QED) is 0.0179. The Morgan fingerprint density at radius 1 is 0.293 bits per heavy atom. The van der Waals surface area contributed by atoms with Gasteiger partial charge in [-0.3, -0.25) is 52.8 Å². The van der Waals surface area contributed by atoms with E-state index in [2.05, 4.69) is 59.2 Å². The first-order chi connectivity index (χ1) is 73.2. The maximum Gasteiger partial charge on any atom is 0.259 e. The standard InChI is InChI=1S/C26H40N2O3.C26H40N2O2.C26H34N2O2.C25H34N2O3.C25H34N2O2/c1-3-4-19-27-25(29)24(20-13-7-5-8-14-20)28(21-15-9-6-10-16-21)26(30)22-17-11-12-18-23(22)31-2;2*1-3-4-19-27-25(29)24(21-14-7-5-8-15-21)28(22-16-9-6-10-17-22)26(30)23-18-12-11-13-20(23)2;1-3-18-27(25(29)21-16-10-11-17-22(21)30-2)23(19-12-6-4-7-13-19)24(28)26-20-14-8-5-9-15-20;1-3-18-27(25(29)22-17-11-10-12-19(22)2)23(20-13-6-4-7-14-20)24(28)26-21-15-8-5-9-16-21/h11-12,17-18,20-21,24H,3-10,13-16,19H2,1-2H3,(H,27,29);11-13,18,21-22,24H,3-10,14-17,19H2,1-2H3,(H,27,29);6,9-13,16-18,21,24H,3-5,7-8,14-15,19H2,1-2H3,(H,27,29);1,10-11,16-17,19-20,23H,4-9,12-15,18H2,2H3,(H,26,28);1,10-12,17,20-21,23H,4-9,13-16,18H2,2H3,(H,26,28). The Morgan fingerprint density at radius 2 is 0.547 bits per heavy atom. The third kappa shape index (κ3) is 34.9. The summed E-state index contributed by atoms with van der Waals surface area (Å²) >= 11 is 0. The van der Waals surface area contributed by atoms with Crippen LogP contribution in [0.3, 0.4) is 0 Å². The van der Waals surface area contributed by atoms with Gasteiger partial charge in [0.05, 0.1) is 38.4 Å². The molecule has 0 spiro atoms. The summed E-state index contributed by atoms with van der Waals surface area (Å²) in [5.74, 6) is 6.90. The molecule has 6 aromatic rings. The van der Waals surface area contributed by atoms with Crippen LogP contribution in [0.25, 0.3) is 0 Å². The smallest absolute Gasteiger partial charge is 0.259 e. The number of carbonyl (C=O) groups excluding carboxylic acids is 10. The highest BCUT2D eigenvalue weighted by Crippen LogP contribution is 2.42. The normalized spacial score (nSPS) is 18.3. The van der Waals surface area contributed by atoms with E-state index >= 15 is 0 Å². The lowest BCUT2D eigenvalue weighted by molar-refractivity contribution is -0.129. The first-order valence-corrected chi connectivity index (χ1v) is 58.6. The third-order valence-electron chi connectivity index (χ3n) is 33.3. The first kappa shape index (κ1) is 119. The van der Waals surface area contributed by atoms with Crippen molar-refractivity contribution in [3.63, 3.8) is 0 Å². The zero-order chi connectivity index (χ0) is 107. The van der Waals surface area contributed by atoms with Crippen LogP contribution in [0.15, 0.2) is 152 Å². The second-order valence-corrected chi connectivity index (χ2v) is 44.0. The summed E-state index contributed by atoms with van der Waals surface area (Å²) in [5.41, 5.74) is 6.68. The molecule has 816 valence electrons. The number of anilines is 1. The summed E-state index contributed by atoms with van der Waals surface area (Å²) in [6.45, 7) is 14.6. The van der Waals surface area contributed by atoms with Crippen LogP contribution < -0.4 is 41.0 Å². The number of nitrogens with one attached hydrogen (secondary N) is 5. The number of nitrogens with zero attached hydrogens (tertiary/aromatic N) is 5.